The molecule has 0 spiro atoms. The number of rotatable bonds is 5. The van der Waals surface area contributed by atoms with Crippen LogP contribution in [0.15, 0.2) is 33.7 Å². The van der Waals surface area contributed by atoms with Crippen molar-refractivity contribution in [1.29, 1.82) is 0 Å². The van der Waals surface area contributed by atoms with Gasteiger partial charge in [0.15, 0.2) is 15.7 Å². The smallest absolute Gasteiger partial charge is 0.257 e. The maximum Gasteiger partial charge on any atom is 0.257 e. The Kier molecular flexibility index (Phi) is 4.45. The third-order valence-corrected chi connectivity index (χ3v) is 4.34. The SMILES string of the molecule is CCCC(Cl)c1noc(-c2ccc(S(C)(=O)=O)cc2)n1. The van der Waals surface area contributed by atoms with E-state index in [0.29, 0.717) is 17.3 Å². The Bertz CT molecular complexity index is 680. The third-order valence-electron chi connectivity index (χ3n) is 2.79. The molecule has 0 aliphatic rings. The number of hydrogen-bond acceptors (Lipinski definition) is 5. The zero-order chi connectivity index (χ0) is 14.8. The second kappa shape index (κ2) is 5.93. The van der Waals surface area contributed by atoms with Crippen LogP contribution in [0.5, 0.6) is 0 Å². The number of halogens is 1. The van der Waals surface area contributed by atoms with Crippen molar-refractivity contribution in [2.45, 2.75) is 30.0 Å². The molecule has 0 N–H and O–H groups in total. The maximum atomic E-state index is 11.4. The van der Waals surface area contributed by atoms with Gasteiger partial charge in [0.05, 0.1) is 10.3 Å². The van der Waals surface area contributed by atoms with Crippen LogP contribution in [0.25, 0.3) is 11.5 Å². The molecule has 5 nitrogen and oxygen atoms in total. The van der Waals surface area contributed by atoms with Gasteiger partial charge in [0.1, 0.15) is 0 Å². The second-order valence-electron chi connectivity index (χ2n) is 4.51. The van der Waals surface area contributed by atoms with E-state index in [2.05, 4.69) is 10.1 Å². The molecule has 108 valence electrons. The fourth-order valence-corrected chi connectivity index (χ4v) is 2.64. The van der Waals surface area contributed by atoms with E-state index in [1.54, 1.807) is 12.1 Å². The van der Waals surface area contributed by atoms with Gasteiger partial charge in [-0.3, -0.25) is 0 Å². The maximum absolute atomic E-state index is 11.4. The lowest BCUT2D eigenvalue weighted by atomic mass is 10.2. The normalized spacial score (nSPS) is 13.3. The van der Waals surface area contributed by atoms with E-state index in [9.17, 15) is 8.42 Å². The lowest BCUT2D eigenvalue weighted by Gasteiger charge is -2.00. The number of sulfone groups is 1. The zero-order valence-electron chi connectivity index (χ0n) is 11.2. The summed E-state index contributed by atoms with van der Waals surface area (Å²) in [6.45, 7) is 2.03. The van der Waals surface area contributed by atoms with Gasteiger partial charge >= 0.3 is 0 Å². The summed E-state index contributed by atoms with van der Waals surface area (Å²) in [4.78, 5) is 4.48. The highest BCUT2D eigenvalue weighted by molar-refractivity contribution is 7.90. The van der Waals surface area contributed by atoms with Gasteiger partial charge in [0.2, 0.25) is 0 Å². The molecule has 0 aliphatic carbocycles. The van der Waals surface area contributed by atoms with Crippen molar-refractivity contribution >= 4 is 21.4 Å². The van der Waals surface area contributed by atoms with E-state index < -0.39 is 9.84 Å². The first kappa shape index (κ1) is 15.0. The monoisotopic (exact) mass is 314 g/mol. The molecule has 0 fully saturated rings. The average molecular weight is 315 g/mol. The van der Waals surface area contributed by atoms with Crippen LogP contribution in [0.4, 0.5) is 0 Å². The van der Waals surface area contributed by atoms with E-state index in [0.717, 1.165) is 19.1 Å². The van der Waals surface area contributed by atoms with Crippen molar-refractivity contribution in [3.63, 3.8) is 0 Å². The van der Waals surface area contributed by atoms with E-state index >= 15 is 0 Å². The number of nitrogens with zero attached hydrogens (tertiary/aromatic N) is 2. The Balaban J connectivity index is 2.24. The molecule has 0 aliphatic heterocycles. The van der Waals surface area contributed by atoms with Gasteiger partial charge in [-0.1, -0.05) is 18.5 Å². The molecule has 2 aromatic rings. The summed E-state index contributed by atoms with van der Waals surface area (Å²) in [6, 6.07) is 6.30. The van der Waals surface area contributed by atoms with Gasteiger partial charge in [-0.2, -0.15) is 4.98 Å². The average Bonchev–Trinajstić information content (AvgIpc) is 2.88. The van der Waals surface area contributed by atoms with Crippen LogP contribution in [-0.4, -0.2) is 24.8 Å². The van der Waals surface area contributed by atoms with Crippen molar-refractivity contribution in [1.82, 2.24) is 10.1 Å². The molecular formula is C13H15ClN2O3S. The molecule has 20 heavy (non-hydrogen) atoms. The van der Waals surface area contributed by atoms with Gasteiger partial charge in [0, 0.05) is 11.8 Å². The van der Waals surface area contributed by atoms with Gasteiger partial charge < -0.3 is 4.52 Å². The Morgan fingerprint density at radius 2 is 1.95 bits per heavy atom. The first-order valence-electron chi connectivity index (χ1n) is 6.20. The lowest BCUT2D eigenvalue weighted by Crippen LogP contribution is -1.96. The molecule has 0 amide bonds. The molecule has 0 saturated carbocycles. The minimum atomic E-state index is -3.21. The van der Waals surface area contributed by atoms with Crippen LogP contribution in [0.1, 0.15) is 31.0 Å². The van der Waals surface area contributed by atoms with Gasteiger partial charge in [-0.25, -0.2) is 8.42 Å². The van der Waals surface area contributed by atoms with E-state index in [-0.39, 0.29) is 10.3 Å². The van der Waals surface area contributed by atoms with E-state index in [1.165, 1.54) is 12.1 Å². The number of aromatic nitrogens is 2. The highest BCUT2D eigenvalue weighted by Gasteiger charge is 2.16. The van der Waals surface area contributed by atoms with Crippen molar-refractivity contribution < 1.29 is 12.9 Å². The van der Waals surface area contributed by atoms with Gasteiger partial charge in [-0.05, 0) is 30.7 Å². The highest BCUT2D eigenvalue weighted by Crippen LogP contribution is 2.26. The first-order chi connectivity index (χ1) is 9.41. The highest BCUT2D eigenvalue weighted by atomic mass is 35.5. The van der Waals surface area contributed by atoms with Crippen LogP contribution in [0.3, 0.4) is 0 Å². The molecular weight excluding hydrogens is 300 g/mol. The Labute approximate surface area is 122 Å². The Morgan fingerprint density at radius 3 is 2.50 bits per heavy atom. The molecule has 2 rings (SSSR count). The molecule has 1 atom stereocenters. The van der Waals surface area contributed by atoms with E-state index in [1.807, 2.05) is 6.92 Å². The second-order valence-corrected chi connectivity index (χ2v) is 7.05. The van der Waals surface area contributed by atoms with Gasteiger partial charge in [0.25, 0.3) is 5.89 Å². The fraction of sp³-hybridized carbons (Fsp3) is 0.385. The predicted molar refractivity (Wildman–Crippen MR) is 76.3 cm³/mol. The van der Waals surface area contributed by atoms with Gasteiger partial charge in [-0.15, -0.1) is 11.6 Å². The molecule has 0 saturated heterocycles. The number of benzene rings is 1. The van der Waals surface area contributed by atoms with Crippen molar-refractivity contribution in [3.8, 4) is 11.5 Å². The summed E-state index contributed by atoms with van der Waals surface area (Å²) in [5, 5.41) is 3.58. The molecule has 1 aromatic heterocycles. The summed E-state index contributed by atoms with van der Waals surface area (Å²) in [5.41, 5.74) is 0.663. The first-order valence-corrected chi connectivity index (χ1v) is 8.52. The van der Waals surface area contributed by atoms with Crippen LogP contribution in [0, 0.1) is 0 Å². The predicted octanol–water partition coefficient (Wildman–Crippen LogP) is 3.22. The van der Waals surface area contributed by atoms with Crippen LogP contribution < -0.4 is 0 Å². The van der Waals surface area contributed by atoms with Crippen LogP contribution in [-0.2, 0) is 9.84 Å². The molecule has 1 aromatic carbocycles. The van der Waals surface area contributed by atoms with Crippen molar-refractivity contribution in [2.24, 2.45) is 0 Å². The fourth-order valence-electron chi connectivity index (χ4n) is 1.71. The molecule has 0 bridgehead atoms. The molecule has 1 unspecified atom stereocenters. The molecule has 1 heterocycles. The van der Waals surface area contributed by atoms with Crippen LogP contribution >= 0.6 is 11.6 Å². The Hall–Kier alpha value is -1.40. The van der Waals surface area contributed by atoms with E-state index in [4.69, 9.17) is 16.1 Å². The number of hydrogen-bond donors (Lipinski definition) is 0. The zero-order valence-corrected chi connectivity index (χ0v) is 12.8. The number of alkyl halides is 1. The molecule has 7 heteroatoms. The standard InChI is InChI=1S/C13H15ClN2O3S/c1-3-4-11(14)12-15-13(19-16-12)9-5-7-10(8-6-9)20(2,17)18/h5-8,11H,3-4H2,1-2H3. The summed E-state index contributed by atoms with van der Waals surface area (Å²) in [6.07, 6.45) is 2.87. The van der Waals surface area contributed by atoms with Crippen molar-refractivity contribution in [2.75, 3.05) is 6.26 Å². The van der Waals surface area contributed by atoms with Crippen molar-refractivity contribution in [3.05, 3.63) is 30.1 Å². The summed E-state index contributed by atoms with van der Waals surface area (Å²) in [7, 11) is -3.21. The summed E-state index contributed by atoms with van der Waals surface area (Å²) in [5.74, 6) is 0.789. The largest absolute Gasteiger partial charge is 0.334 e. The van der Waals surface area contributed by atoms with Crippen LogP contribution in [0.2, 0.25) is 0 Å². The molecule has 0 radical (unpaired) electrons. The third kappa shape index (κ3) is 3.37. The summed E-state index contributed by atoms with van der Waals surface area (Å²) < 4.78 is 27.9. The minimum absolute atomic E-state index is 0.252. The topological polar surface area (TPSA) is 73.1 Å². The quantitative estimate of drug-likeness (QED) is 0.792. The summed E-state index contributed by atoms with van der Waals surface area (Å²) >= 11 is 6.13. The minimum Gasteiger partial charge on any atom is -0.334 e. The Morgan fingerprint density at radius 1 is 1.30 bits per heavy atom. The lowest BCUT2D eigenvalue weighted by molar-refractivity contribution is 0.420.